The van der Waals surface area contributed by atoms with Crippen LogP contribution in [-0.2, 0) is 4.79 Å². The van der Waals surface area contributed by atoms with Crippen LogP contribution in [0.1, 0.15) is 17.9 Å². The van der Waals surface area contributed by atoms with Gasteiger partial charge in [-0.3, -0.25) is 4.79 Å². The lowest BCUT2D eigenvalue weighted by Gasteiger charge is -2.26. The number of benzene rings is 1. The molecule has 0 radical (unpaired) electrons. The lowest BCUT2D eigenvalue weighted by Crippen LogP contribution is -2.34. The molecule has 20 heavy (non-hydrogen) atoms. The van der Waals surface area contributed by atoms with Crippen molar-refractivity contribution in [1.82, 2.24) is 9.80 Å². The third kappa shape index (κ3) is 3.67. The van der Waals surface area contributed by atoms with Gasteiger partial charge in [0.15, 0.2) is 0 Å². The molecule has 1 aromatic rings. The van der Waals surface area contributed by atoms with Crippen LogP contribution in [0, 0.1) is 0 Å². The molecule has 0 bridgehead atoms. The SMILES string of the molecule is CCOc1cccc(C2SCC(=O)N2CCN(C)C)c1. The van der Waals surface area contributed by atoms with E-state index in [9.17, 15) is 4.79 Å². The van der Waals surface area contributed by atoms with Gasteiger partial charge < -0.3 is 14.5 Å². The van der Waals surface area contributed by atoms with Crippen molar-refractivity contribution in [3.05, 3.63) is 29.8 Å². The van der Waals surface area contributed by atoms with E-state index in [2.05, 4.69) is 11.0 Å². The minimum Gasteiger partial charge on any atom is -0.494 e. The van der Waals surface area contributed by atoms with E-state index in [1.54, 1.807) is 11.8 Å². The normalized spacial score (nSPS) is 18.9. The number of carbonyl (C=O) groups is 1. The number of hydrogen-bond acceptors (Lipinski definition) is 4. The summed E-state index contributed by atoms with van der Waals surface area (Å²) in [5.41, 5.74) is 1.14. The van der Waals surface area contributed by atoms with Gasteiger partial charge in [0.05, 0.1) is 12.4 Å². The van der Waals surface area contributed by atoms with Crippen molar-refractivity contribution in [2.45, 2.75) is 12.3 Å². The Hall–Kier alpha value is -1.20. The average molecular weight is 294 g/mol. The second-order valence-electron chi connectivity index (χ2n) is 5.06. The van der Waals surface area contributed by atoms with E-state index in [0.29, 0.717) is 12.4 Å². The summed E-state index contributed by atoms with van der Waals surface area (Å²) in [6, 6.07) is 8.07. The monoisotopic (exact) mass is 294 g/mol. The Morgan fingerprint density at radius 1 is 1.45 bits per heavy atom. The molecular formula is C15H22N2O2S. The number of thioether (sulfide) groups is 1. The number of rotatable bonds is 6. The molecule has 1 atom stereocenters. The highest BCUT2D eigenvalue weighted by Gasteiger charge is 2.32. The molecule has 1 aliphatic rings. The highest BCUT2D eigenvalue weighted by Crippen LogP contribution is 2.39. The Morgan fingerprint density at radius 2 is 2.25 bits per heavy atom. The van der Waals surface area contributed by atoms with Crippen LogP contribution in [0.3, 0.4) is 0 Å². The number of ether oxygens (including phenoxy) is 1. The van der Waals surface area contributed by atoms with Gasteiger partial charge in [0, 0.05) is 13.1 Å². The molecule has 5 heteroatoms. The highest BCUT2D eigenvalue weighted by atomic mass is 32.2. The Labute approximate surface area is 125 Å². The summed E-state index contributed by atoms with van der Waals surface area (Å²) in [6.45, 7) is 4.28. The molecule has 2 rings (SSSR count). The van der Waals surface area contributed by atoms with Gasteiger partial charge in [-0.2, -0.15) is 0 Å². The van der Waals surface area contributed by atoms with Crippen LogP contribution < -0.4 is 4.74 Å². The van der Waals surface area contributed by atoms with E-state index in [-0.39, 0.29) is 11.3 Å². The minimum absolute atomic E-state index is 0.114. The molecule has 110 valence electrons. The maximum Gasteiger partial charge on any atom is 0.233 e. The summed E-state index contributed by atoms with van der Waals surface area (Å²) in [5.74, 6) is 1.66. The summed E-state index contributed by atoms with van der Waals surface area (Å²) in [6.07, 6.45) is 0. The maximum absolute atomic E-state index is 12.0. The summed E-state index contributed by atoms with van der Waals surface area (Å²) in [4.78, 5) is 16.1. The first kappa shape index (κ1) is 15.2. The van der Waals surface area contributed by atoms with Gasteiger partial charge >= 0.3 is 0 Å². The maximum atomic E-state index is 12.0. The zero-order valence-electron chi connectivity index (χ0n) is 12.3. The van der Waals surface area contributed by atoms with Crippen LogP contribution in [0.25, 0.3) is 0 Å². The van der Waals surface area contributed by atoms with Gasteiger partial charge in [-0.25, -0.2) is 0 Å². The molecule has 0 spiro atoms. The van der Waals surface area contributed by atoms with Gasteiger partial charge in [0.1, 0.15) is 11.1 Å². The fraction of sp³-hybridized carbons (Fsp3) is 0.533. The van der Waals surface area contributed by atoms with Crippen molar-refractivity contribution >= 4 is 17.7 Å². The number of nitrogens with zero attached hydrogens (tertiary/aromatic N) is 2. The van der Waals surface area contributed by atoms with Crippen molar-refractivity contribution in [1.29, 1.82) is 0 Å². The second kappa shape index (κ2) is 6.99. The van der Waals surface area contributed by atoms with Gasteiger partial charge in [0.2, 0.25) is 5.91 Å². The molecule has 1 amide bonds. The number of likely N-dealkylation sites (N-methyl/N-ethyl adjacent to an activating group) is 1. The molecule has 1 fully saturated rings. The van der Waals surface area contributed by atoms with E-state index in [0.717, 1.165) is 24.4 Å². The smallest absolute Gasteiger partial charge is 0.233 e. The minimum atomic E-state index is 0.114. The summed E-state index contributed by atoms with van der Waals surface area (Å²) >= 11 is 1.69. The van der Waals surface area contributed by atoms with Crippen LogP contribution in [0.2, 0.25) is 0 Å². The van der Waals surface area contributed by atoms with Gasteiger partial charge in [-0.05, 0) is 38.7 Å². The molecule has 1 heterocycles. The zero-order chi connectivity index (χ0) is 14.5. The van der Waals surface area contributed by atoms with Crippen LogP contribution >= 0.6 is 11.8 Å². The number of hydrogen-bond donors (Lipinski definition) is 0. The standard InChI is InChI=1S/C15H22N2O2S/c1-4-19-13-7-5-6-12(10-13)15-17(9-8-16(2)3)14(18)11-20-15/h5-7,10,15H,4,8-9,11H2,1-3H3. The Kier molecular flexibility index (Phi) is 5.31. The fourth-order valence-corrected chi connectivity index (χ4v) is 3.41. The highest BCUT2D eigenvalue weighted by molar-refractivity contribution is 8.00. The Morgan fingerprint density at radius 3 is 2.95 bits per heavy atom. The Bertz CT molecular complexity index is 465. The predicted octanol–water partition coefficient (Wildman–Crippen LogP) is 2.22. The van der Waals surface area contributed by atoms with Crippen LogP contribution in [0.15, 0.2) is 24.3 Å². The molecule has 0 aromatic heterocycles. The second-order valence-corrected chi connectivity index (χ2v) is 6.13. The lowest BCUT2D eigenvalue weighted by molar-refractivity contribution is -0.128. The van der Waals surface area contributed by atoms with E-state index in [4.69, 9.17) is 4.74 Å². The average Bonchev–Trinajstić information content (AvgIpc) is 2.78. The molecule has 1 saturated heterocycles. The first-order chi connectivity index (χ1) is 9.61. The van der Waals surface area contributed by atoms with Gasteiger partial charge in [-0.1, -0.05) is 12.1 Å². The van der Waals surface area contributed by atoms with Gasteiger partial charge in [-0.15, -0.1) is 11.8 Å². The molecule has 1 aromatic carbocycles. The molecular weight excluding hydrogens is 272 g/mol. The third-order valence-electron chi connectivity index (χ3n) is 3.21. The first-order valence-electron chi connectivity index (χ1n) is 6.90. The first-order valence-corrected chi connectivity index (χ1v) is 7.95. The van der Waals surface area contributed by atoms with Crippen molar-refractivity contribution in [3.8, 4) is 5.75 Å². The summed E-state index contributed by atoms with van der Waals surface area (Å²) in [7, 11) is 4.05. The topological polar surface area (TPSA) is 32.8 Å². The van der Waals surface area contributed by atoms with E-state index in [1.807, 2.05) is 44.1 Å². The molecule has 0 N–H and O–H groups in total. The Balaban J connectivity index is 2.13. The largest absolute Gasteiger partial charge is 0.494 e. The van der Waals surface area contributed by atoms with Crippen molar-refractivity contribution in [3.63, 3.8) is 0 Å². The van der Waals surface area contributed by atoms with Crippen molar-refractivity contribution in [2.75, 3.05) is 39.5 Å². The quantitative estimate of drug-likeness (QED) is 0.805. The van der Waals surface area contributed by atoms with Crippen molar-refractivity contribution < 1.29 is 9.53 Å². The predicted molar refractivity (Wildman–Crippen MR) is 83.1 cm³/mol. The molecule has 1 aliphatic heterocycles. The van der Waals surface area contributed by atoms with Crippen LogP contribution in [0.4, 0.5) is 0 Å². The molecule has 1 unspecified atom stereocenters. The zero-order valence-corrected chi connectivity index (χ0v) is 13.2. The van der Waals surface area contributed by atoms with E-state index >= 15 is 0 Å². The van der Waals surface area contributed by atoms with Crippen LogP contribution in [-0.4, -0.2) is 55.3 Å². The molecule has 4 nitrogen and oxygen atoms in total. The lowest BCUT2D eigenvalue weighted by atomic mass is 10.2. The number of carbonyl (C=O) groups excluding carboxylic acids is 1. The summed E-state index contributed by atoms with van der Waals surface area (Å²) < 4.78 is 5.55. The van der Waals surface area contributed by atoms with Gasteiger partial charge in [0.25, 0.3) is 0 Å². The van der Waals surface area contributed by atoms with Crippen LogP contribution in [0.5, 0.6) is 5.75 Å². The summed E-state index contributed by atoms with van der Waals surface area (Å²) in [5, 5.41) is 0.114. The molecule has 0 aliphatic carbocycles. The van der Waals surface area contributed by atoms with Crippen molar-refractivity contribution in [2.24, 2.45) is 0 Å². The fourth-order valence-electron chi connectivity index (χ4n) is 2.20. The third-order valence-corrected chi connectivity index (χ3v) is 4.47. The number of amides is 1. The van der Waals surface area contributed by atoms with E-state index in [1.165, 1.54) is 0 Å². The molecule has 0 saturated carbocycles. The van der Waals surface area contributed by atoms with E-state index < -0.39 is 0 Å².